The van der Waals surface area contributed by atoms with Crippen molar-refractivity contribution in [1.82, 2.24) is 15.2 Å². The number of nitrogens with one attached hydrogen (secondary N) is 1. The van der Waals surface area contributed by atoms with E-state index < -0.39 is 11.7 Å². The van der Waals surface area contributed by atoms with Crippen LogP contribution in [0.3, 0.4) is 0 Å². The predicted octanol–water partition coefficient (Wildman–Crippen LogP) is 5.21. The largest absolute Gasteiger partial charge is 0.447 e. The van der Waals surface area contributed by atoms with Crippen LogP contribution < -0.4 is 5.32 Å². The molecule has 3 rings (SSSR count). The second-order valence-corrected chi connectivity index (χ2v) is 7.13. The number of amides is 1. The van der Waals surface area contributed by atoms with E-state index in [0.29, 0.717) is 6.54 Å². The first-order valence-electron chi connectivity index (χ1n) is 9.96. The Balaban J connectivity index is 1.90. The summed E-state index contributed by atoms with van der Waals surface area (Å²) in [4.78, 5) is 18.0. The molecule has 0 aliphatic heterocycles. The van der Waals surface area contributed by atoms with Gasteiger partial charge in [0.1, 0.15) is 6.26 Å². The van der Waals surface area contributed by atoms with Gasteiger partial charge in [-0.25, -0.2) is 4.98 Å². The third-order valence-corrected chi connectivity index (χ3v) is 4.99. The molecular weight excluding hydrogens is 407 g/mol. The molecule has 0 aliphatic rings. The molecule has 1 atom stereocenters. The lowest BCUT2D eigenvalue weighted by Gasteiger charge is -2.29. The molecule has 0 radical (unpaired) electrons. The zero-order valence-electron chi connectivity index (χ0n) is 17.3. The van der Waals surface area contributed by atoms with E-state index in [9.17, 15) is 18.0 Å². The van der Waals surface area contributed by atoms with Crippen molar-refractivity contribution in [3.05, 3.63) is 89.1 Å². The summed E-state index contributed by atoms with van der Waals surface area (Å²) in [5.74, 6) is -0.101. The Morgan fingerprint density at radius 3 is 2.45 bits per heavy atom. The van der Waals surface area contributed by atoms with Crippen molar-refractivity contribution in [1.29, 1.82) is 0 Å². The number of rotatable bonds is 8. The Hall–Kier alpha value is -3.13. The minimum absolute atomic E-state index is 0.0324. The minimum Gasteiger partial charge on any atom is -0.447 e. The fourth-order valence-corrected chi connectivity index (χ4v) is 3.34. The summed E-state index contributed by atoms with van der Waals surface area (Å²) >= 11 is 0. The number of carbonyl (C=O) groups is 1. The molecule has 0 bridgehead atoms. The van der Waals surface area contributed by atoms with Gasteiger partial charge < -0.3 is 9.73 Å². The normalized spacial score (nSPS) is 12.7. The minimum atomic E-state index is -4.45. The number of nitrogens with zero attached hydrogens (tertiary/aromatic N) is 2. The predicted molar refractivity (Wildman–Crippen MR) is 110 cm³/mol. The molecule has 3 aromatic rings. The van der Waals surface area contributed by atoms with Crippen molar-refractivity contribution >= 4 is 5.91 Å². The third kappa shape index (κ3) is 5.73. The lowest BCUT2D eigenvalue weighted by molar-refractivity contribution is -0.138. The van der Waals surface area contributed by atoms with Gasteiger partial charge in [0.2, 0.25) is 5.89 Å². The average molecular weight is 431 g/mol. The number of aromatic nitrogens is 1. The van der Waals surface area contributed by atoms with Crippen molar-refractivity contribution in [2.24, 2.45) is 0 Å². The van der Waals surface area contributed by atoms with Crippen molar-refractivity contribution < 1.29 is 22.4 Å². The van der Waals surface area contributed by atoms with Crippen molar-refractivity contribution in [2.75, 3.05) is 6.54 Å². The molecule has 0 saturated carbocycles. The Bertz CT molecular complexity index is 1000. The molecule has 0 saturated heterocycles. The molecule has 1 N–H and O–H groups in total. The van der Waals surface area contributed by atoms with Gasteiger partial charge in [-0.15, -0.1) is 0 Å². The van der Waals surface area contributed by atoms with E-state index in [4.69, 9.17) is 4.42 Å². The monoisotopic (exact) mass is 431 g/mol. The van der Waals surface area contributed by atoms with E-state index in [1.54, 1.807) is 13.0 Å². The van der Waals surface area contributed by atoms with Crippen LogP contribution in [0.15, 0.2) is 65.3 Å². The number of halogens is 3. The van der Waals surface area contributed by atoms with Crippen LogP contribution in [0.1, 0.15) is 53.0 Å². The van der Waals surface area contributed by atoms with Crippen LogP contribution in [0.2, 0.25) is 0 Å². The Labute approximate surface area is 178 Å². The molecule has 2 aromatic carbocycles. The van der Waals surface area contributed by atoms with Crippen molar-refractivity contribution in [2.45, 2.75) is 39.2 Å². The highest BCUT2D eigenvalue weighted by molar-refractivity contribution is 5.91. The number of oxazole rings is 1. The van der Waals surface area contributed by atoms with E-state index in [-0.39, 0.29) is 42.2 Å². The van der Waals surface area contributed by atoms with Gasteiger partial charge in [-0.05, 0) is 31.0 Å². The zero-order valence-corrected chi connectivity index (χ0v) is 17.3. The van der Waals surface area contributed by atoms with E-state index in [1.165, 1.54) is 18.4 Å². The van der Waals surface area contributed by atoms with Crippen LogP contribution in [-0.2, 0) is 19.3 Å². The van der Waals surface area contributed by atoms with Crippen LogP contribution in [0.4, 0.5) is 13.2 Å². The first-order chi connectivity index (χ1) is 14.8. The molecule has 31 heavy (non-hydrogen) atoms. The summed E-state index contributed by atoms with van der Waals surface area (Å²) in [5, 5.41) is 2.64. The molecule has 0 unspecified atom stereocenters. The summed E-state index contributed by atoms with van der Waals surface area (Å²) in [7, 11) is 0. The Kier molecular flexibility index (Phi) is 7.12. The Morgan fingerprint density at radius 1 is 1.10 bits per heavy atom. The first-order valence-corrected chi connectivity index (χ1v) is 9.96. The maximum absolute atomic E-state index is 13.5. The quantitative estimate of drug-likeness (QED) is 0.532. The highest BCUT2D eigenvalue weighted by atomic mass is 19.4. The molecule has 1 aromatic heterocycles. The lowest BCUT2D eigenvalue weighted by atomic mass is 10.0. The number of alkyl halides is 3. The Morgan fingerprint density at radius 2 is 1.77 bits per heavy atom. The molecule has 164 valence electrons. The van der Waals surface area contributed by atoms with Crippen LogP contribution >= 0.6 is 0 Å². The van der Waals surface area contributed by atoms with E-state index in [2.05, 4.69) is 10.3 Å². The summed E-state index contributed by atoms with van der Waals surface area (Å²) < 4.78 is 46.0. The van der Waals surface area contributed by atoms with Gasteiger partial charge in [-0.3, -0.25) is 9.69 Å². The number of benzene rings is 2. The van der Waals surface area contributed by atoms with Gasteiger partial charge in [0.25, 0.3) is 5.91 Å². The number of hydrogen-bond donors (Lipinski definition) is 1. The van der Waals surface area contributed by atoms with Gasteiger partial charge >= 0.3 is 6.18 Å². The fraction of sp³-hybridized carbons (Fsp3) is 0.304. The van der Waals surface area contributed by atoms with E-state index in [0.717, 1.165) is 11.6 Å². The SMILES string of the molecule is CCNC(=O)c1coc(CN(Cc2ccccc2C(F)(F)F)[C@H](C)c2ccccc2)n1. The smallest absolute Gasteiger partial charge is 0.416 e. The average Bonchev–Trinajstić information content (AvgIpc) is 3.22. The van der Waals surface area contributed by atoms with Crippen LogP contribution in [0, 0.1) is 0 Å². The number of carbonyl (C=O) groups excluding carboxylic acids is 1. The fourth-order valence-electron chi connectivity index (χ4n) is 3.34. The van der Waals surface area contributed by atoms with Crippen LogP contribution in [0.5, 0.6) is 0 Å². The molecular formula is C23H24F3N3O2. The topological polar surface area (TPSA) is 58.4 Å². The maximum atomic E-state index is 13.5. The molecule has 8 heteroatoms. The molecule has 1 heterocycles. The van der Waals surface area contributed by atoms with E-state index >= 15 is 0 Å². The van der Waals surface area contributed by atoms with Gasteiger partial charge in [0.05, 0.1) is 12.1 Å². The highest BCUT2D eigenvalue weighted by Gasteiger charge is 2.34. The third-order valence-electron chi connectivity index (χ3n) is 4.99. The van der Waals surface area contributed by atoms with Crippen LogP contribution in [0.25, 0.3) is 0 Å². The molecule has 0 spiro atoms. The lowest BCUT2D eigenvalue weighted by Crippen LogP contribution is -2.28. The maximum Gasteiger partial charge on any atom is 0.416 e. The van der Waals surface area contributed by atoms with Crippen molar-refractivity contribution in [3.8, 4) is 0 Å². The highest BCUT2D eigenvalue weighted by Crippen LogP contribution is 2.34. The van der Waals surface area contributed by atoms with Crippen molar-refractivity contribution in [3.63, 3.8) is 0 Å². The second kappa shape index (κ2) is 9.78. The summed E-state index contributed by atoms with van der Waals surface area (Å²) in [6.07, 6.45) is -3.19. The van der Waals surface area contributed by atoms with E-state index in [1.807, 2.05) is 42.2 Å². The van der Waals surface area contributed by atoms with Crippen LogP contribution in [-0.4, -0.2) is 22.3 Å². The zero-order chi connectivity index (χ0) is 22.4. The summed E-state index contributed by atoms with van der Waals surface area (Å²) in [5.41, 5.74) is 0.575. The standard InChI is InChI=1S/C23H24F3N3O2/c1-3-27-22(30)20-15-31-21(28-20)14-29(16(2)17-9-5-4-6-10-17)13-18-11-7-8-12-19(18)23(24,25)26/h4-12,15-16H,3,13-14H2,1-2H3,(H,27,30)/t16-/m1/s1. The molecule has 0 aliphatic carbocycles. The second-order valence-electron chi connectivity index (χ2n) is 7.13. The molecule has 0 fully saturated rings. The summed E-state index contributed by atoms with van der Waals surface area (Å²) in [6, 6.07) is 14.8. The molecule has 1 amide bonds. The van der Waals surface area contributed by atoms with Gasteiger partial charge in [-0.2, -0.15) is 13.2 Å². The van der Waals surface area contributed by atoms with Gasteiger partial charge in [0, 0.05) is 19.1 Å². The van der Waals surface area contributed by atoms with Gasteiger partial charge in [0.15, 0.2) is 5.69 Å². The molecule has 5 nitrogen and oxygen atoms in total. The summed E-state index contributed by atoms with van der Waals surface area (Å²) in [6.45, 7) is 4.33. The first kappa shape index (κ1) is 22.6. The number of hydrogen-bond acceptors (Lipinski definition) is 4. The van der Waals surface area contributed by atoms with Gasteiger partial charge in [-0.1, -0.05) is 48.5 Å².